The Balaban J connectivity index is 1.50. The van der Waals surface area contributed by atoms with Crippen LogP contribution in [0.4, 0.5) is 11.5 Å². The van der Waals surface area contributed by atoms with E-state index < -0.39 is 0 Å². The second kappa shape index (κ2) is 11.0. The van der Waals surface area contributed by atoms with E-state index in [9.17, 15) is 4.79 Å². The fraction of sp³-hybridized carbons (Fsp3) is 0.240. The summed E-state index contributed by atoms with van der Waals surface area (Å²) in [6.07, 6.45) is 5.42. The first-order valence-electron chi connectivity index (χ1n) is 10.9. The molecule has 0 atom stereocenters. The number of imidazole rings is 1. The SMILES string of the molecule is COc1ccc(-c2cnc3c(Nc4ccc(C(=O)NCCOCCCl)c(C)c4)nccn23)cc1. The summed E-state index contributed by atoms with van der Waals surface area (Å²) in [7, 11) is 1.65. The average molecular weight is 480 g/mol. The highest BCUT2D eigenvalue weighted by Crippen LogP contribution is 2.27. The zero-order chi connectivity index (χ0) is 23.9. The predicted octanol–water partition coefficient (Wildman–Crippen LogP) is 4.44. The van der Waals surface area contributed by atoms with E-state index in [-0.39, 0.29) is 5.91 Å². The van der Waals surface area contributed by atoms with Crippen LogP contribution in [0.2, 0.25) is 0 Å². The van der Waals surface area contributed by atoms with Gasteiger partial charge in [0.25, 0.3) is 5.91 Å². The van der Waals surface area contributed by atoms with Crippen LogP contribution in [0.25, 0.3) is 16.9 Å². The van der Waals surface area contributed by atoms with Gasteiger partial charge in [0, 0.05) is 41.6 Å². The Morgan fingerprint density at radius 2 is 1.94 bits per heavy atom. The number of anilines is 2. The van der Waals surface area contributed by atoms with E-state index in [0.717, 1.165) is 28.3 Å². The number of hydrogen-bond donors (Lipinski definition) is 2. The molecule has 8 nitrogen and oxygen atoms in total. The van der Waals surface area contributed by atoms with E-state index >= 15 is 0 Å². The molecule has 0 aliphatic heterocycles. The first-order chi connectivity index (χ1) is 16.6. The number of ether oxygens (including phenoxy) is 2. The second-order valence-corrected chi connectivity index (χ2v) is 7.93. The lowest BCUT2D eigenvalue weighted by Crippen LogP contribution is -2.28. The lowest BCUT2D eigenvalue weighted by Gasteiger charge is -2.12. The van der Waals surface area contributed by atoms with Crippen molar-refractivity contribution >= 4 is 34.7 Å². The van der Waals surface area contributed by atoms with Crippen LogP contribution in [0.15, 0.2) is 61.1 Å². The van der Waals surface area contributed by atoms with Crippen molar-refractivity contribution in [3.05, 3.63) is 72.2 Å². The van der Waals surface area contributed by atoms with Gasteiger partial charge < -0.3 is 20.1 Å². The Bertz CT molecular complexity index is 1270. The number of rotatable bonds is 10. The molecule has 0 bridgehead atoms. The van der Waals surface area contributed by atoms with Crippen molar-refractivity contribution in [2.45, 2.75) is 6.92 Å². The van der Waals surface area contributed by atoms with Crippen LogP contribution < -0.4 is 15.4 Å². The smallest absolute Gasteiger partial charge is 0.251 e. The number of amides is 1. The number of hydrogen-bond acceptors (Lipinski definition) is 6. The summed E-state index contributed by atoms with van der Waals surface area (Å²) in [5.74, 6) is 1.71. The number of methoxy groups -OCH3 is 1. The van der Waals surface area contributed by atoms with Gasteiger partial charge in [0.05, 0.1) is 32.2 Å². The van der Waals surface area contributed by atoms with Gasteiger partial charge in [-0.25, -0.2) is 9.97 Å². The van der Waals surface area contributed by atoms with Gasteiger partial charge in [-0.15, -0.1) is 11.6 Å². The lowest BCUT2D eigenvalue weighted by atomic mass is 10.1. The van der Waals surface area contributed by atoms with Crippen molar-refractivity contribution < 1.29 is 14.3 Å². The molecule has 2 heterocycles. The van der Waals surface area contributed by atoms with Crippen molar-refractivity contribution in [3.63, 3.8) is 0 Å². The molecule has 0 radical (unpaired) electrons. The van der Waals surface area contributed by atoms with Crippen molar-refractivity contribution in [1.29, 1.82) is 0 Å². The highest BCUT2D eigenvalue weighted by molar-refractivity contribution is 6.17. The highest BCUT2D eigenvalue weighted by atomic mass is 35.5. The molecular formula is C25H26ClN5O3. The minimum atomic E-state index is -0.142. The van der Waals surface area contributed by atoms with Crippen LogP contribution in [0.5, 0.6) is 5.75 Å². The number of aryl methyl sites for hydroxylation is 1. The van der Waals surface area contributed by atoms with E-state index in [2.05, 4.69) is 20.6 Å². The molecule has 0 saturated heterocycles. The fourth-order valence-corrected chi connectivity index (χ4v) is 3.71. The van der Waals surface area contributed by atoms with Crippen molar-refractivity contribution in [2.75, 3.05) is 38.1 Å². The van der Waals surface area contributed by atoms with Gasteiger partial charge in [0.1, 0.15) is 5.75 Å². The van der Waals surface area contributed by atoms with Gasteiger partial charge in [-0.1, -0.05) is 0 Å². The number of nitrogens with one attached hydrogen (secondary N) is 2. The molecule has 176 valence electrons. The summed E-state index contributed by atoms with van der Waals surface area (Å²) in [6.45, 7) is 3.22. The van der Waals surface area contributed by atoms with Gasteiger partial charge in [0.2, 0.25) is 0 Å². The molecular weight excluding hydrogens is 454 g/mol. The largest absolute Gasteiger partial charge is 0.497 e. The molecule has 0 aliphatic carbocycles. The van der Waals surface area contributed by atoms with Crippen LogP contribution in [-0.4, -0.2) is 53.0 Å². The summed E-state index contributed by atoms with van der Waals surface area (Å²) in [6, 6.07) is 13.4. The predicted molar refractivity (Wildman–Crippen MR) is 133 cm³/mol. The van der Waals surface area contributed by atoms with Crippen LogP contribution in [-0.2, 0) is 4.74 Å². The number of carbonyl (C=O) groups excluding carboxylic acids is 1. The standard InChI is InChI=1S/C25H26ClN5O3/c1-17-15-19(5-8-21(17)25(32)28-11-14-34-13-9-26)30-23-24-29-16-22(31(24)12-10-27-23)18-3-6-20(33-2)7-4-18/h3-8,10,12,15-16H,9,11,13-14H2,1-2H3,(H,27,30)(H,28,32). The molecule has 0 fully saturated rings. The third-order valence-corrected chi connectivity index (χ3v) is 5.46. The molecule has 0 saturated carbocycles. The van der Waals surface area contributed by atoms with Crippen molar-refractivity contribution in [3.8, 4) is 17.0 Å². The quantitative estimate of drug-likeness (QED) is 0.258. The maximum Gasteiger partial charge on any atom is 0.251 e. The molecule has 34 heavy (non-hydrogen) atoms. The average Bonchev–Trinajstić information content (AvgIpc) is 3.29. The Morgan fingerprint density at radius 1 is 1.12 bits per heavy atom. The Morgan fingerprint density at radius 3 is 2.68 bits per heavy atom. The molecule has 0 aliphatic rings. The normalized spacial score (nSPS) is 10.9. The summed E-state index contributed by atoms with van der Waals surface area (Å²) in [5.41, 5.74) is 4.93. The van der Waals surface area contributed by atoms with Gasteiger partial charge in [-0.3, -0.25) is 9.20 Å². The number of aromatic nitrogens is 3. The highest BCUT2D eigenvalue weighted by Gasteiger charge is 2.13. The molecule has 0 spiro atoms. The maximum absolute atomic E-state index is 12.5. The van der Waals surface area contributed by atoms with Crippen molar-refractivity contribution in [1.82, 2.24) is 19.7 Å². The number of halogens is 1. The Kier molecular flexibility index (Phi) is 7.61. The number of nitrogens with zero attached hydrogens (tertiary/aromatic N) is 3. The zero-order valence-corrected chi connectivity index (χ0v) is 19.8. The van der Waals surface area contributed by atoms with E-state index in [4.69, 9.17) is 21.1 Å². The minimum Gasteiger partial charge on any atom is -0.497 e. The monoisotopic (exact) mass is 479 g/mol. The molecule has 4 aromatic rings. The molecule has 1 amide bonds. The van der Waals surface area contributed by atoms with Crippen LogP contribution >= 0.6 is 11.6 Å². The molecule has 4 rings (SSSR count). The molecule has 0 unspecified atom stereocenters. The van der Waals surface area contributed by atoms with Crippen LogP contribution in [0.1, 0.15) is 15.9 Å². The molecule has 9 heteroatoms. The molecule has 2 N–H and O–H groups in total. The summed E-state index contributed by atoms with van der Waals surface area (Å²) < 4.78 is 12.5. The third-order valence-electron chi connectivity index (χ3n) is 5.30. The summed E-state index contributed by atoms with van der Waals surface area (Å²) in [5, 5.41) is 6.18. The third kappa shape index (κ3) is 5.30. The van der Waals surface area contributed by atoms with Crippen LogP contribution in [0.3, 0.4) is 0 Å². The zero-order valence-electron chi connectivity index (χ0n) is 19.0. The first kappa shape index (κ1) is 23.5. The van der Waals surface area contributed by atoms with Gasteiger partial charge in [-0.2, -0.15) is 0 Å². The van der Waals surface area contributed by atoms with Gasteiger partial charge in [0.15, 0.2) is 11.5 Å². The number of fused-ring (bicyclic) bond motifs is 1. The molecule has 2 aromatic heterocycles. The lowest BCUT2D eigenvalue weighted by molar-refractivity contribution is 0.0923. The number of benzene rings is 2. The summed E-state index contributed by atoms with van der Waals surface area (Å²) in [4.78, 5) is 21.5. The Hall–Kier alpha value is -3.62. The number of carbonyl (C=O) groups is 1. The second-order valence-electron chi connectivity index (χ2n) is 7.55. The topological polar surface area (TPSA) is 89.8 Å². The van der Waals surface area contributed by atoms with Gasteiger partial charge in [-0.05, 0) is 55.0 Å². The van der Waals surface area contributed by atoms with Gasteiger partial charge >= 0.3 is 0 Å². The summed E-state index contributed by atoms with van der Waals surface area (Å²) >= 11 is 5.57. The van der Waals surface area contributed by atoms with E-state index in [0.29, 0.717) is 42.7 Å². The fourth-order valence-electron chi connectivity index (χ4n) is 3.60. The first-order valence-corrected chi connectivity index (χ1v) is 11.4. The van der Waals surface area contributed by atoms with Crippen molar-refractivity contribution in [2.24, 2.45) is 0 Å². The Labute approximate surface area is 202 Å². The van der Waals surface area contributed by atoms with E-state index in [1.807, 2.05) is 60.1 Å². The number of alkyl halides is 1. The van der Waals surface area contributed by atoms with Crippen LogP contribution in [0, 0.1) is 6.92 Å². The molecule has 2 aromatic carbocycles. The maximum atomic E-state index is 12.5. The van der Waals surface area contributed by atoms with E-state index in [1.54, 1.807) is 19.4 Å². The van der Waals surface area contributed by atoms with E-state index in [1.165, 1.54) is 0 Å². The minimum absolute atomic E-state index is 0.142.